The Labute approximate surface area is 448 Å². The van der Waals surface area contributed by atoms with Gasteiger partial charge in [0.2, 0.25) is 0 Å². The molecule has 3 heterocycles. The van der Waals surface area contributed by atoms with Crippen LogP contribution < -0.4 is 9.30 Å². The van der Waals surface area contributed by atoms with Gasteiger partial charge in [0, 0.05) is 50.5 Å². The number of para-hydroxylation sites is 1. The maximum absolute atomic E-state index is 9.39. The number of ether oxygens (including phenoxy) is 1. The average Bonchev–Trinajstić information content (AvgIpc) is 2.69. The van der Waals surface area contributed by atoms with Gasteiger partial charge >= 0.3 is 0 Å². The summed E-state index contributed by atoms with van der Waals surface area (Å²) in [6.45, 7) is 6.48. The van der Waals surface area contributed by atoms with Crippen LogP contribution >= 0.6 is 0 Å². The molecule has 0 unspecified atom stereocenters. The molecular formula is C66H46N4OPt-2. The van der Waals surface area contributed by atoms with Crippen molar-refractivity contribution in [2.75, 3.05) is 0 Å². The normalized spacial score (nSPS) is 13.7. The van der Waals surface area contributed by atoms with Crippen LogP contribution in [0.3, 0.4) is 0 Å². The molecule has 348 valence electrons. The van der Waals surface area contributed by atoms with E-state index in [9.17, 15) is 5.48 Å². The van der Waals surface area contributed by atoms with Crippen LogP contribution in [0.2, 0.25) is 0 Å². The fraction of sp³-hybridized carbons (Fsp3) is 0.0606. The molecule has 0 saturated carbocycles. The van der Waals surface area contributed by atoms with E-state index in [0.717, 1.165) is 77.7 Å². The summed E-state index contributed by atoms with van der Waals surface area (Å²) >= 11 is 0. The third kappa shape index (κ3) is 7.78. The van der Waals surface area contributed by atoms with E-state index in [4.69, 9.17) is 17.9 Å². The molecule has 0 N–H and O–H groups in total. The number of aromatic nitrogens is 4. The van der Waals surface area contributed by atoms with Gasteiger partial charge in [-0.05, 0) is 114 Å². The molecule has 3 aromatic heterocycles. The Kier molecular flexibility index (Phi) is 8.76. The molecule has 5 nitrogen and oxygen atoms in total. The first-order valence-electron chi connectivity index (χ1n) is 28.3. The van der Waals surface area contributed by atoms with Gasteiger partial charge in [0.1, 0.15) is 5.82 Å². The van der Waals surface area contributed by atoms with Gasteiger partial charge in [-0.2, -0.15) is 18.2 Å². The van der Waals surface area contributed by atoms with Crippen LogP contribution in [0.25, 0.3) is 106 Å². The molecule has 0 aliphatic heterocycles. The van der Waals surface area contributed by atoms with Gasteiger partial charge in [0.25, 0.3) is 6.33 Å². The van der Waals surface area contributed by atoms with Crippen LogP contribution in [0.4, 0.5) is 0 Å². The zero-order chi connectivity index (χ0) is 56.3. The van der Waals surface area contributed by atoms with Crippen molar-refractivity contribution in [2.24, 2.45) is 0 Å². The summed E-state index contributed by atoms with van der Waals surface area (Å²) in [5, 5.41) is 1.96. The maximum atomic E-state index is 9.39. The second-order valence-corrected chi connectivity index (χ2v) is 18.5. The number of fused-ring (bicyclic) bond motifs is 11. The summed E-state index contributed by atoms with van der Waals surface area (Å²) in [6, 6.07) is 51.0. The zero-order valence-electron chi connectivity index (χ0n) is 49.1. The molecular weight excluding hydrogens is 1060 g/mol. The number of pyridine rings is 1. The first-order valence-corrected chi connectivity index (χ1v) is 23.3. The predicted molar refractivity (Wildman–Crippen MR) is 287 cm³/mol. The van der Waals surface area contributed by atoms with E-state index < -0.39 is 60.4 Å². The molecule has 0 atom stereocenters. The average molecular weight is 1120 g/mol. The second-order valence-electron chi connectivity index (χ2n) is 18.5. The van der Waals surface area contributed by atoms with Gasteiger partial charge < -0.3 is 13.9 Å². The fourth-order valence-corrected chi connectivity index (χ4v) is 9.83. The summed E-state index contributed by atoms with van der Waals surface area (Å²) in [6.07, 6.45) is 6.81. The Morgan fingerprint density at radius 2 is 1.12 bits per heavy atom. The summed E-state index contributed by atoms with van der Waals surface area (Å²) in [5.74, 6) is 1.36. The second kappa shape index (κ2) is 18.1. The van der Waals surface area contributed by atoms with Crippen molar-refractivity contribution in [3.05, 3.63) is 249 Å². The molecule has 12 aromatic rings. The number of nitrogens with zero attached hydrogens (tertiary/aromatic N) is 4. The predicted octanol–water partition coefficient (Wildman–Crippen LogP) is 16.0. The van der Waals surface area contributed by atoms with E-state index in [-0.39, 0.29) is 54.6 Å². The Hall–Kier alpha value is -8.37. The van der Waals surface area contributed by atoms with Crippen LogP contribution in [0.1, 0.15) is 40.0 Å². The van der Waals surface area contributed by atoms with Crippen molar-refractivity contribution in [3.63, 3.8) is 0 Å². The molecule has 1 aliphatic carbocycles. The minimum Gasteiger partial charge on any atom is -0.510 e. The van der Waals surface area contributed by atoms with Crippen LogP contribution in [-0.4, -0.2) is 14.1 Å². The SMILES string of the molecule is [2H]c1c([2H])c([2H])c(-c2cc3c(cc2-[n+]2[c-]n(-c4[c-]c(Oc5[c-]c6c(cc5)c5ccccc5n6-c5cc(C(C)(C)C)ccn5)ccc4)c(-c4c([2H])c([2H])c([2H])c([2H])c4[2H])c2)-c2ccccc2-c2ccccc2-c2ccccc2-3)c([2H])c1[2H].[Pt]. The summed E-state index contributed by atoms with van der Waals surface area (Å²) in [7, 11) is 0. The minimum atomic E-state index is -0.568. The Balaban J connectivity index is 0.00000665. The molecule has 1 aliphatic rings. The molecule has 0 spiro atoms. The van der Waals surface area contributed by atoms with Gasteiger partial charge in [-0.15, -0.1) is 29.7 Å². The number of rotatable bonds is 7. The largest absolute Gasteiger partial charge is 0.510 e. The number of benzene rings is 9. The smallest absolute Gasteiger partial charge is 0.267 e. The molecule has 0 bridgehead atoms. The summed E-state index contributed by atoms with van der Waals surface area (Å²) < 4.78 is 102. The van der Waals surface area contributed by atoms with Crippen molar-refractivity contribution in [1.29, 1.82) is 0 Å². The first-order chi connectivity index (χ1) is 39.0. The maximum Gasteiger partial charge on any atom is 0.267 e. The van der Waals surface area contributed by atoms with Gasteiger partial charge in [0.15, 0.2) is 0 Å². The van der Waals surface area contributed by atoms with Crippen molar-refractivity contribution in [2.45, 2.75) is 26.2 Å². The molecule has 0 amide bonds. The standard InChI is InChI=1S/C66H46N4O.Pt/c1-66(2,3)46-35-36-67-65(37-46)70-61-32-17-16-31-56(61)57-34-33-49(39-63(57)70)71-48-24-18-23-47(38-48)69-43-68(42-64(69)45-21-8-5-9-22-45)62-41-60-55-30-15-13-28-53(55)51-26-11-10-25-50(51)52-27-12-14-29-54(52)59(60)40-58(62)44-19-6-4-7-20-44;/h4-37,40-42H,1-3H3;/q-2;/i4D,5D,6D,7D,8D,9D,19D,20D,21D,22D;. The summed E-state index contributed by atoms with van der Waals surface area (Å²) in [5.41, 5.74) is 10.5. The third-order valence-electron chi connectivity index (χ3n) is 13.2. The monoisotopic (exact) mass is 1120 g/mol. The first kappa shape index (κ1) is 34.8. The number of hydrogen-bond acceptors (Lipinski definition) is 2. The molecule has 72 heavy (non-hydrogen) atoms. The van der Waals surface area contributed by atoms with E-state index in [1.807, 2.05) is 103 Å². The van der Waals surface area contributed by atoms with Gasteiger partial charge in [0.05, 0.1) is 25.1 Å². The summed E-state index contributed by atoms with van der Waals surface area (Å²) in [4.78, 5) is 4.82. The topological polar surface area (TPSA) is 35.9 Å². The molecule has 0 radical (unpaired) electrons. The quantitative estimate of drug-likeness (QED) is 0.118. The molecule has 0 fully saturated rings. The molecule has 9 aromatic carbocycles. The molecule has 6 heteroatoms. The zero-order valence-corrected chi connectivity index (χ0v) is 41.4. The molecule has 13 rings (SSSR count). The molecule has 0 saturated heterocycles. The fourth-order valence-electron chi connectivity index (χ4n) is 9.83. The van der Waals surface area contributed by atoms with E-state index in [0.29, 0.717) is 17.1 Å². The Morgan fingerprint density at radius 1 is 0.542 bits per heavy atom. The van der Waals surface area contributed by atoms with Crippen LogP contribution in [0, 0.1) is 18.5 Å². The Morgan fingerprint density at radius 3 is 1.78 bits per heavy atom. The van der Waals surface area contributed by atoms with Crippen molar-refractivity contribution >= 4 is 21.8 Å². The van der Waals surface area contributed by atoms with E-state index in [1.54, 1.807) is 29.0 Å². The Bertz CT molecular complexity index is 4580. The van der Waals surface area contributed by atoms with Crippen LogP contribution in [-0.2, 0) is 26.5 Å². The van der Waals surface area contributed by atoms with Crippen molar-refractivity contribution < 1.29 is 44.1 Å². The number of imidazole rings is 1. The van der Waals surface area contributed by atoms with E-state index >= 15 is 0 Å². The van der Waals surface area contributed by atoms with Crippen molar-refractivity contribution in [3.8, 4) is 95.6 Å². The van der Waals surface area contributed by atoms with Crippen LogP contribution in [0.15, 0.2) is 224 Å². The van der Waals surface area contributed by atoms with E-state index in [1.165, 1.54) is 4.57 Å². The van der Waals surface area contributed by atoms with E-state index in [2.05, 4.69) is 80.2 Å². The van der Waals surface area contributed by atoms with Gasteiger partial charge in [-0.1, -0.05) is 178 Å². The number of hydrogen-bond donors (Lipinski definition) is 0. The van der Waals surface area contributed by atoms with Gasteiger partial charge in [-0.3, -0.25) is 4.57 Å². The third-order valence-corrected chi connectivity index (χ3v) is 13.2. The minimum absolute atomic E-state index is 0. The van der Waals surface area contributed by atoms with Gasteiger partial charge in [-0.25, -0.2) is 4.98 Å². The van der Waals surface area contributed by atoms with Crippen molar-refractivity contribution in [1.82, 2.24) is 14.1 Å². The van der Waals surface area contributed by atoms with Crippen LogP contribution in [0.5, 0.6) is 11.5 Å².